The summed E-state index contributed by atoms with van der Waals surface area (Å²) in [4.78, 5) is 19.6. The van der Waals surface area contributed by atoms with E-state index in [0.29, 0.717) is 36.8 Å². The molecule has 7 heteroatoms. The van der Waals surface area contributed by atoms with E-state index in [1.165, 1.54) is 0 Å². The molecule has 1 aliphatic rings. The Morgan fingerprint density at radius 3 is 2.69 bits per heavy atom. The second-order valence-corrected chi connectivity index (χ2v) is 9.51. The standard InChI is InChI=1S/C28H28ClN3O3/c1-19-13-23(11-12-24(19)29)35-18-22(33)17-32-26-10-6-5-9-25(26)30-28(32)21-14-27(34)31(16-21)15-20-7-3-2-4-8-20/h2-13,21-22,33H,14-18H2,1H3/t21-,22-/m0/s1. The molecule has 6 nitrogen and oxygen atoms in total. The number of carbonyl (C=O) groups is 1. The number of benzene rings is 3. The highest BCUT2D eigenvalue weighted by molar-refractivity contribution is 6.31. The molecule has 0 saturated carbocycles. The Kier molecular flexibility index (Phi) is 6.75. The van der Waals surface area contributed by atoms with Crippen LogP contribution in [-0.4, -0.2) is 44.7 Å². The summed E-state index contributed by atoms with van der Waals surface area (Å²) in [5, 5.41) is 11.5. The molecule has 0 aliphatic carbocycles. The van der Waals surface area contributed by atoms with E-state index < -0.39 is 6.10 Å². The van der Waals surface area contributed by atoms with Crippen molar-refractivity contribution < 1.29 is 14.6 Å². The molecule has 0 radical (unpaired) electrons. The fraction of sp³-hybridized carbons (Fsp3) is 0.286. The molecule has 3 aromatic carbocycles. The van der Waals surface area contributed by atoms with Crippen LogP contribution in [0.15, 0.2) is 72.8 Å². The average Bonchev–Trinajstić information content (AvgIpc) is 3.40. The van der Waals surface area contributed by atoms with Crippen LogP contribution in [0.5, 0.6) is 5.75 Å². The van der Waals surface area contributed by atoms with Crippen LogP contribution in [0.4, 0.5) is 0 Å². The predicted octanol–water partition coefficient (Wildman–Crippen LogP) is 4.95. The van der Waals surface area contributed by atoms with Gasteiger partial charge in [0, 0.05) is 30.5 Å². The summed E-state index contributed by atoms with van der Waals surface area (Å²) in [6, 6.07) is 23.4. The number of rotatable bonds is 8. The number of amides is 1. The lowest BCUT2D eigenvalue weighted by atomic mass is 10.1. The first-order chi connectivity index (χ1) is 17.0. The van der Waals surface area contributed by atoms with E-state index in [0.717, 1.165) is 28.0 Å². The van der Waals surface area contributed by atoms with E-state index in [9.17, 15) is 9.90 Å². The number of fused-ring (bicyclic) bond motifs is 1. The van der Waals surface area contributed by atoms with E-state index >= 15 is 0 Å². The summed E-state index contributed by atoms with van der Waals surface area (Å²) >= 11 is 6.10. The first-order valence-electron chi connectivity index (χ1n) is 11.8. The first kappa shape index (κ1) is 23.4. The lowest BCUT2D eigenvalue weighted by Gasteiger charge is -2.19. The van der Waals surface area contributed by atoms with Gasteiger partial charge in [-0.1, -0.05) is 54.1 Å². The van der Waals surface area contributed by atoms with Crippen molar-refractivity contribution in [3.05, 3.63) is 94.8 Å². The Balaban J connectivity index is 1.33. The quantitative estimate of drug-likeness (QED) is 0.380. The summed E-state index contributed by atoms with van der Waals surface area (Å²) < 4.78 is 7.87. The molecule has 1 aromatic heterocycles. The van der Waals surface area contributed by atoms with Crippen LogP contribution in [-0.2, 0) is 17.9 Å². The number of carbonyl (C=O) groups excluding carboxylic acids is 1. The van der Waals surface area contributed by atoms with Crippen LogP contribution in [0.3, 0.4) is 0 Å². The minimum absolute atomic E-state index is 0.0364. The Labute approximate surface area is 209 Å². The van der Waals surface area contributed by atoms with Gasteiger partial charge in [-0.2, -0.15) is 0 Å². The first-order valence-corrected chi connectivity index (χ1v) is 12.2. The van der Waals surface area contributed by atoms with Gasteiger partial charge in [0.1, 0.15) is 24.3 Å². The van der Waals surface area contributed by atoms with Gasteiger partial charge in [-0.3, -0.25) is 4.79 Å². The van der Waals surface area contributed by atoms with Crippen molar-refractivity contribution >= 4 is 28.5 Å². The van der Waals surface area contributed by atoms with Crippen molar-refractivity contribution in [2.75, 3.05) is 13.2 Å². The Morgan fingerprint density at radius 1 is 1.11 bits per heavy atom. The molecule has 1 fully saturated rings. The lowest BCUT2D eigenvalue weighted by molar-refractivity contribution is -0.128. The number of hydrogen-bond acceptors (Lipinski definition) is 4. The van der Waals surface area contributed by atoms with E-state index in [4.69, 9.17) is 21.3 Å². The van der Waals surface area contributed by atoms with Crippen LogP contribution in [0.25, 0.3) is 11.0 Å². The number of aromatic nitrogens is 2. The number of likely N-dealkylation sites (tertiary alicyclic amines) is 1. The molecular weight excluding hydrogens is 462 g/mol. The zero-order valence-electron chi connectivity index (χ0n) is 19.6. The van der Waals surface area contributed by atoms with Crippen LogP contribution in [0.1, 0.15) is 29.3 Å². The van der Waals surface area contributed by atoms with Crippen molar-refractivity contribution in [1.82, 2.24) is 14.5 Å². The Bertz CT molecular complexity index is 1340. The van der Waals surface area contributed by atoms with Gasteiger partial charge in [0.2, 0.25) is 5.91 Å². The second kappa shape index (κ2) is 10.1. The second-order valence-electron chi connectivity index (χ2n) is 9.11. The van der Waals surface area contributed by atoms with Crippen LogP contribution in [0.2, 0.25) is 5.02 Å². The largest absolute Gasteiger partial charge is 0.491 e. The van der Waals surface area contributed by atoms with Gasteiger partial charge in [-0.05, 0) is 48.4 Å². The third-order valence-corrected chi connectivity index (χ3v) is 6.87. The molecule has 5 rings (SSSR count). The highest BCUT2D eigenvalue weighted by Gasteiger charge is 2.34. The Morgan fingerprint density at radius 2 is 1.89 bits per heavy atom. The maximum Gasteiger partial charge on any atom is 0.223 e. The molecule has 0 unspecified atom stereocenters. The zero-order valence-corrected chi connectivity index (χ0v) is 20.4. The number of aliphatic hydroxyl groups is 1. The molecule has 0 bridgehead atoms. The number of imidazole rings is 1. The molecule has 2 atom stereocenters. The SMILES string of the molecule is Cc1cc(OC[C@@H](O)Cn2c([C@H]3CC(=O)N(Cc4ccccc4)C3)nc3ccccc32)ccc1Cl. The number of hydrogen-bond donors (Lipinski definition) is 1. The summed E-state index contributed by atoms with van der Waals surface area (Å²) in [6.07, 6.45) is -0.341. The van der Waals surface area contributed by atoms with Gasteiger partial charge in [0.05, 0.1) is 17.6 Å². The van der Waals surface area contributed by atoms with Crippen LogP contribution in [0, 0.1) is 6.92 Å². The third-order valence-electron chi connectivity index (χ3n) is 6.45. The van der Waals surface area contributed by atoms with Crippen molar-refractivity contribution in [1.29, 1.82) is 0 Å². The minimum Gasteiger partial charge on any atom is -0.491 e. The van der Waals surface area contributed by atoms with Gasteiger partial charge in [-0.25, -0.2) is 4.98 Å². The maximum atomic E-state index is 12.8. The van der Waals surface area contributed by atoms with E-state index in [1.807, 2.05) is 77.1 Å². The summed E-state index contributed by atoms with van der Waals surface area (Å²) in [5.74, 6) is 1.58. The van der Waals surface area contributed by atoms with E-state index in [-0.39, 0.29) is 18.4 Å². The number of halogens is 1. The van der Waals surface area contributed by atoms with Crippen molar-refractivity contribution in [2.24, 2.45) is 0 Å². The number of aliphatic hydroxyl groups excluding tert-OH is 1. The van der Waals surface area contributed by atoms with E-state index in [2.05, 4.69) is 0 Å². The monoisotopic (exact) mass is 489 g/mol. The summed E-state index contributed by atoms with van der Waals surface area (Å²) in [5.41, 5.74) is 3.84. The zero-order chi connectivity index (χ0) is 24.4. The predicted molar refractivity (Wildman–Crippen MR) is 137 cm³/mol. The molecule has 180 valence electrons. The van der Waals surface area contributed by atoms with Crippen molar-refractivity contribution in [2.45, 2.75) is 38.5 Å². The highest BCUT2D eigenvalue weighted by Crippen LogP contribution is 2.31. The van der Waals surface area contributed by atoms with Crippen LogP contribution >= 0.6 is 11.6 Å². The molecular formula is C28H28ClN3O3. The number of para-hydroxylation sites is 2. The fourth-order valence-corrected chi connectivity index (χ4v) is 4.78. The fourth-order valence-electron chi connectivity index (χ4n) is 4.66. The molecule has 35 heavy (non-hydrogen) atoms. The Hall–Kier alpha value is -3.35. The smallest absolute Gasteiger partial charge is 0.223 e. The van der Waals surface area contributed by atoms with Gasteiger partial charge in [-0.15, -0.1) is 0 Å². The van der Waals surface area contributed by atoms with Gasteiger partial charge >= 0.3 is 0 Å². The number of ether oxygens (including phenoxy) is 1. The normalized spacial score (nSPS) is 16.7. The van der Waals surface area contributed by atoms with Gasteiger partial charge < -0.3 is 19.3 Å². The molecule has 1 N–H and O–H groups in total. The number of nitrogens with zero attached hydrogens (tertiary/aromatic N) is 3. The van der Waals surface area contributed by atoms with Crippen molar-refractivity contribution in [3.8, 4) is 5.75 Å². The molecule has 1 saturated heterocycles. The average molecular weight is 490 g/mol. The molecule has 1 amide bonds. The third kappa shape index (κ3) is 5.19. The molecule has 0 spiro atoms. The lowest BCUT2D eigenvalue weighted by Crippen LogP contribution is -2.26. The number of aryl methyl sites for hydroxylation is 1. The topological polar surface area (TPSA) is 67.6 Å². The molecule has 2 heterocycles. The van der Waals surface area contributed by atoms with E-state index in [1.54, 1.807) is 12.1 Å². The van der Waals surface area contributed by atoms with Crippen molar-refractivity contribution in [3.63, 3.8) is 0 Å². The van der Waals surface area contributed by atoms with Gasteiger partial charge in [0.15, 0.2) is 0 Å². The molecule has 4 aromatic rings. The maximum absolute atomic E-state index is 12.8. The molecule has 1 aliphatic heterocycles. The minimum atomic E-state index is -0.750. The highest BCUT2D eigenvalue weighted by atomic mass is 35.5. The summed E-state index contributed by atoms with van der Waals surface area (Å²) in [6.45, 7) is 3.57. The summed E-state index contributed by atoms with van der Waals surface area (Å²) in [7, 11) is 0. The van der Waals surface area contributed by atoms with Gasteiger partial charge in [0.25, 0.3) is 0 Å². The van der Waals surface area contributed by atoms with Crippen LogP contribution < -0.4 is 4.74 Å².